The molecule has 1 fully saturated rings. The number of hydrogen-bond acceptors (Lipinski definition) is 4. The number of ether oxygens (including phenoxy) is 2. The lowest BCUT2D eigenvalue weighted by Crippen LogP contribution is -2.39. The van der Waals surface area contributed by atoms with Crippen molar-refractivity contribution in [1.29, 1.82) is 0 Å². The van der Waals surface area contributed by atoms with E-state index in [1.54, 1.807) is 32.4 Å². The molecule has 138 valence electrons. The minimum atomic E-state index is -0.845. The summed E-state index contributed by atoms with van der Waals surface area (Å²) in [5.74, 6) is 0.0851. The number of benzene rings is 2. The van der Waals surface area contributed by atoms with Crippen LogP contribution in [0.25, 0.3) is 0 Å². The van der Waals surface area contributed by atoms with Gasteiger partial charge in [-0.2, -0.15) is 0 Å². The van der Waals surface area contributed by atoms with Gasteiger partial charge in [0, 0.05) is 18.2 Å². The average molecular weight is 359 g/mol. The van der Waals surface area contributed by atoms with Crippen LogP contribution in [0.2, 0.25) is 0 Å². The van der Waals surface area contributed by atoms with Crippen LogP contribution in [0.5, 0.6) is 11.5 Å². The molecule has 5 nitrogen and oxygen atoms in total. The Morgan fingerprint density at radius 2 is 1.92 bits per heavy atom. The molecule has 1 aliphatic rings. The second-order valence-corrected chi connectivity index (χ2v) is 6.30. The zero-order chi connectivity index (χ0) is 18.7. The summed E-state index contributed by atoms with van der Waals surface area (Å²) in [5.41, 5.74) is 1.65. The summed E-state index contributed by atoms with van der Waals surface area (Å²) in [6.45, 7) is 0.647. The summed E-state index contributed by atoms with van der Waals surface area (Å²) in [5, 5.41) is 9.63. The fourth-order valence-electron chi connectivity index (χ4n) is 3.60. The molecular weight excluding hydrogens is 337 g/mol. The van der Waals surface area contributed by atoms with Gasteiger partial charge in [0.15, 0.2) is 0 Å². The minimum Gasteiger partial charge on any atom is -0.497 e. The lowest BCUT2D eigenvalue weighted by molar-refractivity contribution is -0.142. The molecule has 2 atom stereocenters. The zero-order valence-corrected chi connectivity index (χ0v) is 14.8. The summed E-state index contributed by atoms with van der Waals surface area (Å²) >= 11 is 0. The number of carboxylic acids is 1. The molecule has 0 aliphatic carbocycles. The highest BCUT2D eigenvalue weighted by Crippen LogP contribution is 2.40. The van der Waals surface area contributed by atoms with E-state index in [1.165, 1.54) is 12.1 Å². The number of methoxy groups -OCH3 is 2. The van der Waals surface area contributed by atoms with Crippen LogP contribution in [0.1, 0.15) is 30.0 Å². The van der Waals surface area contributed by atoms with E-state index in [0.29, 0.717) is 24.5 Å². The summed E-state index contributed by atoms with van der Waals surface area (Å²) in [6.07, 6.45) is 1.39. The van der Waals surface area contributed by atoms with Crippen LogP contribution in [0, 0.1) is 5.82 Å². The highest BCUT2D eigenvalue weighted by molar-refractivity contribution is 5.74. The Morgan fingerprint density at radius 1 is 1.19 bits per heavy atom. The Labute approximate surface area is 152 Å². The van der Waals surface area contributed by atoms with Crippen LogP contribution < -0.4 is 9.47 Å². The lowest BCUT2D eigenvalue weighted by Gasteiger charge is -2.33. The van der Waals surface area contributed by atoms with Crippen molar-refractivity contribution in [3.8, 4) is 11.5 Å². The van der Waals surface area contributed by atoms with Gasteiger partial charge in [0.1, 0.15) is 23.4 Å². The number of carbonyl (C=O) groups is 1. The molecule has 1 aliphatic heterocycles. The van der Waals surface area contributed by atoms with E-state index in [2.05, 4.69) is 0 Å². The van der Waals surface area contributed by atoms with E-state index in [1.807, 2.05) is 17.0 Å². The van der Waals surface area contributed by atoms with Crippen LogP contribution in [0.15, 0.2) is 42.5 Å². The van der Waals surface area contributed by atoms with E-state index >= 15 is 0 Å². The van der Waals surface area contributed by atoms with Crippen molar-refractivity contribution in [3.05, 3.63) is 59.4 Å². The molecule has 0 aromatic heterocycles. The van der Waals surface area contributed by atoms with E-state index in [0.717, 1.165) is 17.5 Å². The molecule has 0 saturated carbocycles. The van der Waals surface area contributed by atoms with E-state index in [9.17, 15) is 14.3 Å². The standard InChI is InChI=1S/C20H22FNO4/c1-25-15-9-10-16(18(12-15)26-2)19(13-5-7-14(21)8-6-13)22-11-3-4-17(22)20(23)24/h5-10,12,17,19H,3-4,11H2,1-2H3,(H,23,24). The van der Waals surface area contributed by atoms with Gasteiger partial charge in [0.2, 0.25) is 0 Å². The van der Waals surface area contributed by atoms with Crippen molar-refractivity contribution in [2.24, 2.45) is 0 Å². The number of halogens is 1. The van der Waals surface area contributed by atoms with Gasteiger partial charge in [0.05, 0.1) is 20.3 Å². The molecule has 2 aromatic carbocycles. The van der Waals surface area contributed by atoms with Gasteiger partial charge in [-0.3, -0.25) is 9.69 Å². The third-order valence-electron chi connectivity index (χ3n) is 4.83. The van der Waals surface area contributed by atoms with Gasteiger partial charge in [-0.1, -0.05) is 12.1 Å². The first-order valence-corrected chi connectivity index (χ1v) is 8.51. The second kappa shape index (κ2) is 7.74. The van der Waals surface area contributed by atoms with Crippen molar-refractivity contribution < 1.29 is 23.8 Å². The number of aliphatic carboxylic acids is 1. The van der Waals surface area contributed by atoms with Crippen molar-refractivity contribution in [2.45, 2.75) is 24.9 Å². The lowest BCUT2D eigenvalue weighted by atomic mass is 9.95. The SMILES string of the molecule is COc1ccc(C(c2ccc(F)cc2)N2CCCC2C(=O)O)c(OC)c1. The van der Waals surface area contributed by atoms with Gasteiger partial charge >= 0.3 is 5.97 Å². The third kappa shape index (κ3) is 3.51. The highest BCUT2D eigenvalue weighted by Gasteiger charge is 2.37. The molecule has 2 aromatic rings. The molecule has 3 rings (SSSR count). The molecule has 0 spiro atoms. The smallest absolute Gasteiger partial charge is 0.320 e. The van der Waals surface area contributed by atoms with Crippen LogP contribution in [0.3, 0.4) is 0 Å². The summed E-state index contributed by atoms with van der Waals surface area (Å²) < 4.78 is 24.2. The number of rotatable bonds is 6. The Hall–Kier alpha value is -2.60. The number of nitrogens with zero attached hydrogens (tertiary/aromatic N) is 1. The first kappa shape index (κ1) is 18.2. The van der Waals surface area contributed by atoms with Gasteiger partial charge in [-0.25, -0.2) is 4.39 Å². The fourth-order valence-corrected chi connectivity index (χ4v) is 3.60. The summed E-state index contributed by atoms with van der Waals surface area (Å²) in [7, 11) is 3.14. The van der Waals surface area contributed by atoms with Gasteiger partial charge < -0.3 is 14.6 Å². The zero-order valence-electron chi connectivity index (χ0n) is 14.8. The Morgan fingerprint density at radius 3 is 2.54 bits per heavy atom. The predicted octanol–water partition coefficient (Wildman–Crippen LogP) is 3.48. The Bertz CT molecular complexity index is 778. The van der Waals surface area contributed by atoms with Crippen molar-refractivity contribution in [2.75, 3.05) is 20.8 Å². The topological polar surface area (TPSA) is 59.0 Å². The molecule has 6 heteroatoms. The molecule has 0 amide bonds. The van der Waals surface area contributed by atoms with Crippen molar-refractivity contribution in [1.82, 2.24) is 4.90 Å². The Kier molecular flexibility index (Phi) is 5.42. The molecule has 1 heterocycles. The van der Waals surface area contributed by atoms with Crippen molar-refractivity contribution >= 4 is 5.97 Å². The van der Waals surface area contributed by atoms with Gasteiger partial charge in [-0.15, -0.1) is 0 Å². The first-order chi connectivity index (χ1) is 12.5. The highest BCUT2D eigenvalue weighted by atomic mass is 19.1. The van der Waals surface area contributed by atoms with Gasteiger partial charge in [-0.05, 0) is 42.7 Å². The maximum atomic E-state index is 13.4. The van der Waals surface area contributed by atoms with Crippen LogP contribution in [0.4, 0.5) is 4.39 Å². The fraction of sp³-hybridized carbons (Fsp3) is 0.350. The van der Waals surface area contributed by atoms with E-state index in [-0.39, 0.29) is 11.9 Å². The molecular formula is C20H22FNO4. The monoisotopic (exact) mass is 359 g/mol. The maximum Gasteiger partial charge on any atom is 0.320 e. The molecule has 2 unspecified atom stereocenters. The minimum absolute atomic E-state index is 0.328. The number of carboxylic acid groups (broad SMARTS) is 1. The predicted molar refractivity (Wildman–Crippen MR) is 95.2 cm³/mol. The van der Waals surface area contributed by atoms with Crippen LogP contribution >= 0.6 is 0 Å². The molecule has 1 N–H and O–H groups in total. The molecule has 0 radical (unpaired) electrons. The summed E-state index contributed by atoms with van der Waals surface area (Å²) in [4.78, 5) is 13.7. The van der Waals surface area contributed by atoms with Crippen LogP contribution in [-0.4, -0.2) is 42.8 Å². The molecule has 1 saturated heterocycles. The normalized spacial score (nSPS) is 18.5. The van der Waals surface area contributed by atoms with E-state index in [4.69, 9.17) is 9.47 Å². The number of hydrogen-bond donors (Lipinski definition) is 1. The van der Waals surface area contributed by atoms with E-state index < -0.39 is 12.0 Å². The van der Waals surface area contributed by atoms with Crippen LogP contribution in [-0.2, 0) is 4.79 Å². The first-order valence-electron chi connectivity index (χ1n) is 8.51. The second-order valence-electron chi connectivity index (χ2n) is 6.30. The third-order valence-corrected chi connectivity index (χ3v) is 4.83. The molecule has 26 heavy (non-hydrogen) atoms. The van der Waals surface area contributed by atoms with Crippen molar-refractivity contribution in [3.63, 3.8) is 0 Å². The Balaban J connectivity index is 2.12. The van der Waals surface area contributed by atoms with Gasteiger partial charge in [0.25, 0.3) is 0 Å². The molecule has 0 bridgehead atoms. The quantitative estimate of drug-likeness (QED) is 0.856. The summed E-state index contributed by atoms with van der Waals surface area (Å²) in [6, 6.07) is 10.7. The average Bonchev–Trinajstić information content (AvgIpc) is 3.13. The number of likely N-dealkylation sites (tertiary alicyclic amines) is 1. The largest absolute Gasteiger partial charge is 0.497 e. The maximum absolute atomic E-state index is 13.4.